The van der Waals surface area contributed by atoms with Crippen molar-refractivity contribution in [3.63, 3.8) is 0 Å². The number of carbonyl (C=O) groups is 1. The Kier molecular flexibility index (Phi) is 5.16. The van der Waals surface area contributed by atoms with Gasteiger partial charge in [0.2, 0.25) is 0 Å². The van der Waals surface area contributed by atoms with Gasteiger partial charge in [-0.1, -0.05) is 49.4 Å². The standard InChI is InChI=1S/C25H20FN3O4S/c1-25(2)12-18-21(19(30)13-25)22(15-6-8-16(26)9-7-15)28-23(31)20(34-24(28)27-18)11-14-4-3-5-17(10-14)29(32)33/h3-11,22H,12-13H2,1-2H3. The average Bonchev–Trinajstić information content (AvgIpc) is 3.07. The first-order valence-electron chi connectivity index (χ1n) is 10.7. The lowest BCUT2D eigenvalue weighted by Gasteiger charge is -2.35. The summed E-state index contributed by atoms with van der Waals surface area (Å²) in [5.74, 6) is -0.482. The van der Waals surface area contributed by atoms with Gasteiger partial charge in [-0.25, -0.2) is 9.38 Å². The van der Waals surface area contributed by atoms with E-state index < -0.39 is 16.8 Å². The molecule has 0 saturated heterocycles. The molecule has 1 atom stereocenters. The summed E-state index contributed by atoms with van der Waals surface area (Å²) in [6.45, 7) is 4.02. The van der Waals surface area contributed by atoms with Crippen LogP contribution in [0.3, 0.4) is 0 Å². The third-order valence-corrected chi connectivity index (χ3v) is 7.04. The van der Waals surface area contributed by atoms with Crippen LogP contribution in [-0.2, 0) is 4.79 Å². The molecule has 0 fully saturated rings. The maximum Gasteiger partial charge on any atom is 0.271 e. The Balaban J connectivity index is 1.75. The second kappa shape index (κ2) is 7.95. The minimum Gasteiger partial charge on any atom is -0.294 e. The smallest absolute Gasteiger partial charge is 0.271 e. The summed E-state index contributed by atoms with van der Waals surface area (Å²) in [5.41, 5.74) is 1.57. The molecule has 2 aliphatic rings. The molecule has 9 heteroatoms. The minimum absolute atomic E-state index is 0.0720. The highest BCUT2D eigenvalue weighted by molar-refractivity contribution is 7.07. The highest BCUT2D eigenvalue weighted by atomic mass is 32.1. The van der Waals surface area contributed by atoms with Crippen LogP contribution in [0, 0.1) is 21.3 Å². The number of Topliss-reactive ketones (excluding diaryl/α,β-unsaturated/α-hetero) is 1. The number of benzene rings is 2. The van der Waals surface area contributed by atoms with Gasteiger partial charge in [0.05, 0.1) is 21.2 Å². The molecular formula is C25H20FN3O4S. The van der Waals surface area contributed by atoms with E-state index in [2.05, 4.69) is 0 Å². The normalized spacial score (nSPS) is 19.4. The van der Waals surface area contributed by atoms with Gasteiger partial charge in [0, 0.05) is 24.1 Å². The number of non-ortho nitro benzene ring substituents is 1. The number of ketones is 1. The third-order valence-electron chi connectivity index (χ3n) is 6.06. The largest absolute Gasteiger partial charge is 0.294 e. The second-order valence-electron chi connectivity index (χ2n) is 9.29. The maximum absolute atomic E-state index is 13.7. The highest BCUT2D eigenvalue weighted by Gasteiger charge is 2.40. The molecule has 0 bridgehead atoms. The first-order chi connectivity index (χ1) is 16.1. The van der Waals surface area contributed by atoms with E-state index >= 15 is 0 Å². The molecule has 1 unspecified atom stereocenters. The van der Waals surface area contributed by atoms with Crippen molar-refractivity contribution in [3.05, 3.63) is 107 Å². The van der Waals surface area contributed by atoms with Crippen molar-refractivity contribution in [3.8, 4) is 0 Å². The number of hydrogen-bond acceptors (Lipinski definition) is 6. The molecule has 3 aromatic rings. The maximum atomic E-state index is 13.7. The lowest BCUT2D eigenvalue weighted by Crippen LogP contribution is -2.42. The van der Waals surface area contributed by atoms with Crippen molar-refractivity contribution in [2.45, 2.75) is 32.7 Å². The number of fused-ring (bicyclic) bond motifs is 1. The number of hydrogen-bond donors (Lipinski definition) is 0. The van der Waals surface area contributed by atoms with Crippen molar-refractivity contribution in [1.82, 2.24) is 4.57 Å². The van der Waals surface area contributed by atoms with Crippen LogP contribution in [-0.4, -0.2) is 15.3 Å². The van der Waals surface area contributed by atoms with E-state index in [4.69, 9.17) is 4.99 Å². The van der Waals surface area contributed by atoms with Gasteiger partial charge < -0.3 is 0 Å². The van der Waals surface area contributed by atoms with Crippen molar-refractivity contribution >= 4 is 28.9 Å². The summed E-state index contributed by atoms with van der Waals surface area (Å²) < 4.78 is 15.5. The lowest BCUT2D eigenvalue weighted by molar-refractivity contribution is -0.384. The predicted molar refractivity (Wildman–Crippen MR) is 126 cm³/mol. The third kappa shape index (κ3) is 3.81. The molecule has 0 N–H and O–H groups in total. The summed E-state index contributed by atoms with van der Waals surface area (Å²) in [6.07, 6.45) is 2.51. The number of aromatic nitrogens is 1. The zero-order valence-electron chi connectivity index (χ0n) is 18.4. The summed E-state index contributed by atoms with van der Waals surface area (Å²) in [7, 11) is 0. The number of rotatable bonds is 3. The number of allylic oxidation sites excluding steroid dienone is 2. The SMILES string of the molecule is CC1(C)CC(=O)C2=C(C1)N=c1sc(=Cc3cccc([N+](=O)[O-])c3)c(=O)n1C2c1ccc(F)cc1. The van der Waals surface area contributed by atoms with Crippen LogP contribution in [0.25, 0.3) is 6.08 Å². The van der Waals surface area contributed by atoms with Crippen LogP contribution in [0.5, 0.6) is 0 Å². The Morgan fingerprint density at radius 2 is 1.91 bits per heavy atom. The lowest BCUT2D eigenvalue weighted by atomic mass is 9.73. The fourth-order valence-corrected chi connectivity index (χ4v) is 5.61. The summed E-state index contributed by atoms with van der Waals surface area (Å²) >= 11 is 1.17. The number of nitrogens with zero attached hydrogens (tertiary/aromatic N) is 3. The van der Waals surface area contributed by atoms with Crippen molar-refractivity contribution < 1.29 is 14.1 Å². The van der Waals surface area contributed by atoms with Gasteiger partial charge in [0.25, 0.3) is 11.2 Å². The average molecular weight is 478 g/mol. The fraction of sp³-hybridized carbons (Fsp3) is 0.240. The molecule has 0 saturated carbocycles. The number of halogens is 1. The first kappa shape index (κ1) is 22.1. The van der Waals surface area contributed by atoms with Crippen LogP contribution in [0.15, 0.2) is 69.6 Å². The van der Waals surface area contributed by atoms with E-state index in [1.165, 1.54) is 40.2 Å². The molecular weight excluding hydrogens is 457 g/mol. The van der Waals surface area contributed by atoms with Crippen molar-refractivity contribution in [1.29, 1.82) is 0 Å². The van der Waals surface area contributed by atoms with Crippen molar-refractivity contribution in [2.75, 3.05) is 0 Å². The first-order valence-corrected chi connectivity index (χ1v) is 11.5. The van der Waals surface area contributed by atoms with Crippen molar-refractivity contribution in [2.24, 2.45) is 10.4 Å². The Hall–Kier alpha value is -3.72. The van der Waals surface area contributed by atoms with E-state index in [-0.39, 0.29) is 22.4 Å². The number of thiazole rings is 1. The molecule has 172 valence electrons. The minimum atomic E-state index is -0.706. The summed E-state index contributed by atoms with van der Waals surface area (Å²) in [6, 6.07) is 11.1. The van der Waals surface area contributed by atoms with Gasteiger partial charge in [-0.2, -0.15) is 0 Å². The Labute approximate surface area is 197 Å². The van der Waals surface area contributed by atoms with E-state index in [0.717, 1.165) is 0 Å². The van der Waals surface area contributed by atoms with Crippen LogP contribution >= 0.6 is 11.3 Å². The molecule has 0 spiro atoms. The molecule has 1 aromatic heterocycles. The molecule has 0 radical (unpaired) electrons. The van der Waals surface area contributed by atoms with E-state index in [9.17, 15) is 24.1 Å². The van der Waals surface area contributed by atoms with Crippen LogP contribution in [0.4, 0.5) is 10.1 Å². The van der Waals surface area contributed by atoms with Gasteiger partial charge in [0.1, 0.15) is 5.82 Å². The molecule has 2 aromatic carbocycles. The molecule has 34 heavy (non-hydrogen) atoms. The predicted octanol–water partition coefficient (Wildman–Crippen LogP) is 3.65. The summed E-state index contributed by atoms with van der Waals surface area (Å²) in [4.78, 5) is 42.6. The van der Waals surface area contributed by atoms with Crippen LogP contribution in [0.2, 0.25) is 0 Å². The van der Waals surface area contributed by atoms with Gasteiger partial charge in [-0.3, -0.25) is 24.3 Å². The van der Waals surface area contributed by atoms with Gasteiger partial charge in [-0.05, 0) is 41.2 Å². The molecule has 2 heterocycles. The molecule has 0 amide bonds. The van der Waals surface area contributed by atoms with Crippen LogP contribution in [0.1, 0.15) is 43.9 Å². The highest BCUT2D eigenvalue weighted by Crippen LogP contribution is 2.43. The monoisotopic (exact) mass is 477 g/mol. The molecule has 1 aliphatic heterocycles. The number of nitro groups is 1. The van der Waals surface area contributed by atoms with Gasteiger partial charge in [-0.15, -0.1) is 0 Å². The van der Waals surface area contributed by atoms with Gasteiger partial charge in [0.15, 0.2) is 10.6 Å². The van der Waals surface area contributed by atoms with E-state index in [0.29, 0.717) is 44.6 Å². The Morgan fingerprint density at radius 3 is 2.62 bits per heavy atom. The number of nitro benzene ring substituents is 1. The number of carbonyl (C=O) groups excluding carboxylic acids is 1. The topological polar surface area (TPSA) is 94.6 Å². The molecule has 5 rings (SSSR count). The van der Waals surface area contributed by atoms with E-state index in [1.54, 1.807) is 30.3 Å². The molecule has 7 nitrogen and oxygen atoms in total. The van der Waals surface area contributed by atoms with E-state index in [1.807, 2.05) is 13.8 Å². The van der Waals surface area contributed by atoms with Gasteiger partial charge >= 0.3 is 0 Å². The Morgan fingerprint density at radius 1 is 1.18 bits per heavy atom. The molecule has 1 aliphatic carbocycles. The zero-order chi connectivity index (χ0) is 24.2. The zero-order valence-corrected chi connectivity index (χ0v) is 19.3. The van der Waals surface area contributed by atoms with Crippen LogP contribution < -0.4 is 14.9 Å². The Bertz CT molecular complexity index is 1560. The quantitative estimate of drug-likeness (QED) is 0.425. The second-order valence-corrected chi connectivity index (χ2v) is 10.3. The fourth-order valence-electron chi connectivity index (χ4n) is 4.59. The summed E-state index contributed by atoms with van der Waals surface area (Å²) in [5, 5.41) is 11.1.